The first-order chi connectivity index (χ1) is 7.97. The van der Waals surface area contributed by atoms with Crippen molar-refractivity contribution in [2.24, 2.45) is 4.40 Å². The Kier molecular flexibility index (Phi) is 3.14. The number of alkyl halides is 3. The first-order valence-electron chi connectivity index (χ1n) is 4.72. The molecular weight excluding hydrogens is 255 g/mol. The highest BCUT2D eigenvalue weighted by Gasteiger charge is 2.34. The fourth-order valence-electron chi connectivity index (χ4n) is 1.44. The van der Waals surface area contributed by atoms with Crippen LogP contribution in [0.2, 0.25) is 0 Å². The largest absolute Gasteiger partial charge is 0.484 e. The molecule has 2 aliphatic heterocycles. The van der Waals surface area contributed by atoms with Crippen LogP contribution >= 0.6 is 11.9 Å². The van der Waals surface area contributed by atoms with Gasteiger partial charge in [-0.3, -0.25) is 10.1 Å². The summed E-state index contributed by atoms with van der Waals surface area (Å²) >= 11 is 1.23. The molecule has 1 amide bonds. The van der Waals surface area contributed by atoms with E-state index in [4.69, 9.17) is 0 Å². The van der Waals surface area contributed by atoms with Gasteiger partial charge in [0.25, 0.3) is 5.91 Å². The molecule has 0 saturated carbocycles. The molecule has 0 unspecified atom stereocenters. The highest BCUT2D eigenvalue weighted by Crippen LogP contribution is 2.21. The van der Waals surface area contributed by atoms with Crippen molar-refractivity contribution in [2.45, 2.75) is 6.30 Å². The lowest BCUT2D eigenvalue weighted by Crippen LogP contribution is -2.43. The topological polar surface area (TPSA) is 44.7 Å². The Balaban J connectivity index is 2.20. The predicted molar refractivity (Wildman–Crippen MR) is 58.0 cm³/mol. The molecule has 2 heterocycles. The summed E-state index contributed by atoms with van der Waals surface area (Å²) in [4.78, 5) is 13.1. The molecule has 0 radical (unpaired) electrons. The van der Waals surface area contributed by atoms with Gasteiger partial charge >= 0.3 is 6.30 Å². The van der Waals surface area contributed by atoms with Crippen molar-refractivity contribution in [2.75, 3.05) is 12.3 Å². The van der Waals surface area contributed by atoms with Gasteiger partial charge in [-0.1, -0.05) is 0 Å². The molecule has 0 saturated heterocycles. The molecule has 2 aliphatic rings. The molecule has 0 fully saturated rings. The molecule has 0 aromatic rings. The second-order valence-electron chi connectivity index (χ2n) is 3.32. The number of halogens is 3. The normalized spacial score (nSPS) is 19.4. The van der Waals surface area contributed by atoms with Crippen molar-refractivity contribution in [3.05, 3.63) is 23.9 Å². The van der Waals surface area contributed by atoms with Crippen LogP contribution in [0.4, 0.5) is 13.2 Å². The fraction of sp³-hybridized carbons (Fsp3) is 0.333. The quantitative estimate of drug-likeness (QED) is 0.575. The molecule has 0 aromatic heterocycles. The van der Waals surface area contributed by atoms with Crippen LogP contribution in [0.3, 0.4) is 0 Å². The van der Waals surface area contributed by atoms with Gasteiger partial charge in [-0.15, -0.1) is 0 Å². The van der Waals surface area contributed by atoms with E-state index in [0.717, 1.165) is 11.1 Å². The third kappa shape index (κ3) is 2.82. The molecule has 1 N–H and O–H groups in total. The summed E-state index contributed by atoms with van der Waals surface area (Å²) in [5.74, 6) is -0.180. The zero-order valence-corrected chi connectivity index (χ0v) is 9.31. The Hall–Kier alpha value is -1.44. The minimum Gasteiger partial charge on any atom is -0.331 e. The minimum absolute atomic E-state index is 0.0722. The van der Waals surface area contributed by atoms with Gasteiger partial charge in [-0.05, 0) is 24.1 Å². The number of nitrogens with one attached hydrogen (secondary N) is 1. The van der Waals surface area contributed by atoms with Gasteiger partial charge in [0.2, 0.25) is 0 Å². The zero-order chi connectivity index (χ0) is 12.5. The van der Waals surface area contributed by atoms with Gasteiger partial charge in [0, 0.05) is 18.5 Å². The average Bonchev–Trinajstić information content (AvgIpc) is 2.26. The molecule has 0 spiro atoms. The lowest BCUT2D eigenvalue weighted by Gasteiger charge is -2.28. The Morgan fingerprint density at radius 3 is 3.00 bits per heavy atom. The zero-order valence-electron chi connectivity index (χ0n) is 8.49. The first-order valence-corrected chi connectivity index (χ1v) is 5.66. The highest BCUT2D eigenvalue weighted by atomic mass is 32.2. The van der Waals surface area contributed by atoms with Gasteiger partial charge < -0.3 is 4.90 Å². The second kappa shape index (κ2) is 4.44. The van der Waals surface area contributed by atoms with Gasteiger partial charge in [0.15, 0.2) is 5.84 Å². The lowest BCUT2D eigenvalue weighted by atomic mass is 10.1. The number of carbonyl (C=O) groups is 1. The Morgan fingerprint density at radius 1 is 1.53 bits per heavy atom. The molecule has 0 aromatic carbocycles. The number of nitrogens with zero attached hydrogens (tertiary/aromatic N) is 2. The van der Waals surface area contributed by atoms with Crippen molar-refractivity contribution in [3.63, 3.8) is 0 Å². The summed E-state index contributed by atoms with van der Waals surface area (Å²) in [6.45, 7) is 0.622. The van der Waals surface area contributed by atoms with Gasteiger partial charge in [-0.2, -0.15) is 17.6 Å². The number of amidine groups is 1. The van der Waals surface area contributed by atoms with Gasteiger partial charge in [-0.25, -0.2) is 0 Å². The third-order valence-corrected chi connectivity index (χ3v) is 2.78. The number of allylic oxidation sites excluding steroid dienone is 2. The van der Waals surface area contributed by atoms with Crippen LogP contribution in [0.15, 0.2) is 28.3 Å². The van der Waals surface area contributed by atoms with Gasteiger partial charge in [0.1, 0.15) is 0 Å². The smallest absolute Gasteiger partial charge is 0.331 e. The molecule has 0 bridgehead atoms. The monoisotopic (exact) mass is 263 g/mol. The standard InChI is InChI=1S/C9H8F3N3OS/c10-9(11,12)13-8(16)6-2-1-3-15-4-5-17-14-7(6)15/h1-3H,4-5H2,(H,13,16). The van der Waals surface area contributed by atoms with Crippen molar-refractivity contribution in [1.82, 2.24) is 10.2 Å². The number of hydrogen-bond donors (Lipinski definition) is 1. The summed E-state index contributed by atoms with van der Waals surface area (Å²) < 4.78 is 40.1. The van der Waals surface area contributed by atoms with E-state index in [1.165, 1.54) is 24.1 Å². The molecule has 0 atom stereocenters. The fourth-order valence-corrected chi connectivity index (χ4v) is 2.14. The van der Waals surface area contributed by atoms with Crippen LogP contribution in [-0.2, 0) is 4.79 Å². The molecular formula is C9H8F3N3OS. The number of fused-ring (bicyclic) bond motifs is 1. The predicted octanol–water partition coefficient (Wildman–Crippen LogP) is 1.44. The van der Waals surface area contributed by atoms with Crippen LogP contribution in [0.5, 0.6) is 0 Å². The van der Waals surface area contributed by atoms with E-state index in [-0.39, 0.29) is 11.4 Å². The molecule has 4 nitrogen and oxygen atoms in total. The summed E-state index contributed by atoms with van der Waals surface area (Å²) in [6, 6.07) is 0. The Labute approximate surface area is 99.4 Å². The van der Waals surface area contributed by atoms with E-state index >= 15 is 0 Å². The average molecular weight is 263 g/mol. The van der Waals surface area contributed by atoms with Crippen molar-refractivity contribution < 1.29 is 18.0 Å². The summed E-state index contributed by atoms with van der Waals surface area (Å²) in [5.41, 5.74) is -0.0722. The number of rotatable bonds is 1. The van der Waals surface area contributed by atoms with E-state index in [2.05, 4.69) is 4.40 Å². The molecule has 2 rings (SSSR count). The minimum atomic E-state index is -4.73. The van der Waals surface area contributed by atoms with Gasteiger partial charge in [0.05, 0.1) is 5.57 Å². The molecule has 0 aliphatic carbocycles. The van der Waals surface area contributed by atoms with E-state index in [1.54, 1.807) is 11.1 Å². The SMILES string of the molecule is O=C(NC(F)(F)F)C1=CC=CN2CCSN=C12. The van der Waals surface area contributed by atoms with E-state index in [0.29, 0.717) is 6.54 Å². The maximum absolute atomic E-state index is 12.0. The first kappa shape index (κ1) is 12.0. The number of hydrogen-bond acceptors (Lipinski definition) is 4. The van der Waals surface area contributed by atoms with E-state index in [9.17, 15) is 18.0 Å². The van der Waals surface area contributed by atoms with E-state index < -0.39 is 12.2 Å². The van der Waals surface area contributed by atoms with Crippen LogP contribution in [0, 0.1) is 0 Å². The van der Waals surface area contributed by atoms with Crippen molar-refractivity contribution in [1.29, 1.82) is 0 Å². The maximum Gasteiger partial charge on any atom is 0.484 e. The number of amides is 1. The molecule has 17 heavy (non-hydrogen) atoms. The van der Waals surface area contributed by atoms with Crippen molar-refractivity contribution >= 4 is 23.7 Å². The lowest BCUT2D eigenvalue weighted by molar-refractivity contribution is -0.167. The summed E-state index contributed by atoms with van der Waals surface area (Å²) in [5, 5.41) is 0.964. The Morgan fingerprint density at radius 2 is 2.29 bits per heavy atom. The van der Waals surface area contributed by atoms with Crippen LogP contribution in [0.25, 0.3) is 0 Å². The molecule has 92 valence electrons. The maximum atomic E-state index is 12.0. The third-order valence-electron chi connectivity index (χ3n) is 2.12. The van der Waals surface area contributed by atoms with Crippen LogP contribution in [-0.4, -0.2) is 35.2 Å². The molecule has 8 heteroatoms. The Bertz CT molecular complexity index is 428. The second-order valence-corrected chi connectivity index (χ2v) is 4.16. The highest BCUT2D eigenvalue weighted by molar-refractivity contribution is 7.98. The summed E-state index contributed by atoms with van der Waals surface area (Å²) in [6.07, 6.45) is -0.197. The van der Waals surface area contributed by atoms with E-state index in [1.807, 2.05) is 0 Å². The van der Waals surface area contributed by atoms with Crippen LogP contribution < -0.4 is 5.32 Å². The number of carbonyl (C=O) groups excluding carboxylic acids is 1. The summed E-state index contributed by atoms with van der Waals surface area (Å²) in [7, 11) is 0. The van der Waals surface area contributed by atoms with Crippen LogP contribution in [0.1, 0.15) is 0 Å². The van der Waals surface area contributed by atoms with Crippen molar-refractivity contribution in [3.8, 4) is 0 Å².